The average Bonchev–Trinajstić information content (AvgIpc) is 2.59. The fraction of sp³-hybridized carbons (Fsp3) is 0.688. The predicted octanol–water partition coefficient (Wildman–Crippen LogP) is -1.46. The first-order valence-corrected chi connectivity index (χ1v) is 8.58. The number of hydrogen-bond acceptors (Lipinski definition) is 6. The first-order chi connectivity index (χ1) is 12.5. The number of hydrogen-bond donors (Lipinski definition) is 6. The lowest BCUT2D eigenvalue weighted by molar-refractivity contribution is -0.143. The Labute approximate surface area is 156 Å². The van der Waals surface area contributed by atoms with Crippen molar-refractivity contribution in [2.75, 3.05) is 0 Å². The summed E-state index contributed by atoms with van der Waals surface area (Å²) in [6, 6.07) is -3.52. The number of nitrogens with two attached hydrogens (primary N) is 2. The van der Waals surface area contributed by atoms with Crippen LogP contribution in [0.1, 0.15) is 46.0 Å². The molecule has 8 N–H and O–H groups in total. The van der Waals surface area contributed by atoms with E-state index in [1.807, 2.05) is 0 Å². The highest BCUT2D eigenvalue weighted by Crippen LogP contribution is 2.10. The van der Waals surface area contributed by atoms with Crippen molar-refractivity contribution >= 4 is 29.7 Å². The number of amides is 3. The molecule has 0 saturated heterocycles. The molecule has 3 amide bonds. The zero-order valence-corrected chi connectivity index (χ0v) is 15.4. The molecule has 0 aliphatic carbocycles. The van der Waals surface area contributed by atoms with Crippen LogP contribution in [0.4, 0.5) is 0 Å². The molecule has 0 rings (SSSR count). The van der Waals surface area contributed by atoms with Gasteiger partial charge in [0.25, 0.3) is 0 Å². The van der Waals surface area contributed by atoms with Crippen LogP contribution in [0.25, 0.3) is 0 Å². The number of rotatable bonds is 13. The van der Waals surface area contributed by atoms with Crippen LogP contribution < -0.4 is 22.1 Å². The molecule has 0 saturated carbocycles. The first-order valence-electron chi connectivity index (χ1n) is 8.58. The molecular weight excluding hydrogens is 360 g/mol. The van der Waals surface area contributed by atoms with E-state index in [0.29, 0.717) is 6.42 Å². The molecule has 0 aromatic rings. The van der Waals surface area contributed by atoms with Gasteiger partial charge in [-0.2, -0.15) is 0 Å². The summed E-state index contributed by atoms with van der Waals surface area (Å²) in [7, 11) is 0. The Morgan fingerprint density at radius 2 is 1.56 bits per heavy atom. The van der Waals surface area contributed by atoms with Crippen molar-refractivity contribution in [2.45, 2.75) is 64.1 Å². The molecule has 11 nitrogen and oxygen atoms in total. The lowest BCUT2D eigenvalue weighted by Crippen LogP contribution is -2.56. The minimum atomic E-state index is -1.40. The Morgan fingerprint density at radius 1 is 0.963 bits per heavy atom. The largest absolute Gasteiger partial charge is 0.481 e. The molecule has 0 spiro atoms. The van der Waals surface area contributed by atoms with Gasteiger partial charge in [-0.1, -0.05) is 20.3 Å². The summed E-state index contributed by atoms with van der Waals surface area (Å²) in [6.45, 7) is 3.47. The maximum absolute atomic E-state index is 12.5. The quantitative estimate of drug-likeness (QED) is 0.220. The predicted molar refractivity (Wildman–Crippen MR) is 94.2 cm³/mol. The van der Waals surface area contributed by atoms with Crippen LogP contribution in [0, 0.1) is 5.92 Å². The van der Waals surface area contributed by atoms with Gasteiger partial charge in [0.2, 0.25) is 17.7 Å². The molecule has 0 aromatic heterocycles. The highest BCUT2D eigenvalue weighted by atomic mass is 16.4. The van der Waals surface area contributed by atoms with Crippen LogP contribution in [0.5, 0.6) is 0 Å². The van der Waals surface area contributed by atoms with Crippen molar-refractivity contribution in [1.29, 1.82) is 0 Å². The normalized spacial score (nSPS) is 15.1. The summed E-state index contributed by atoms with van der Waals surface area (Å²) in [6.07, 6.45) is -0.315. The lowest BCUT2D eigenvalue weighted by Gasteiger charge is -2.26. The van der Waals surface area contributed by atoms with Crippen molar-refractivity contribution in [3.8, 4) is 0 Å². The van der Waals surface area contributed by atoms with Crippen LogP contribution in [0.2, 0.25) is 0 Å². The smallest absolute Gasteiger partial charge is 0.326 e. The molecule has 0 fully saturated rings. The van der Waals surface area contributed by atoms with Gasteiger partial charge in [0, 0.05) is 12.8 Å². The van der Waals surface area contributed by atoms with Crippen molar-refractivity contribution in [1.82, 2.24) is 10.6 Å². The number of carboxylic acid groups (broad SMARTS) is 2. The minimum Gasteiger partial charge on any atom is -0.481 e. The molecule has 0 aliphatic rings. The van der Waals surface area contributed by atoms with Gasteiger partial charge in [-0.15, -0.1) is 0 Å². The summed E-state index contributed by atoms with van der Waals surface area (Å²) < 4.78 is 0. The standard InChI is InChI=1S/C16H28N4O7/c1-3-8(2)13(20-14(24)9(17)4-6-11(18)21)15(25)19-10(16(26)27)5-7-12(22)23/h8-10,13H,3-7,17H2,1-2H3,(H2,18,21)(H,19,25)(H,20,24)(H,22,23)(H,26,27). The van der Waals surface area contributed by atoms with Gasteiger partial charge in [-0.05, 0) is 18.8 Å². The van der Waals surface area contributed by atoms with Crippen LogP contribution in [0.15, 0.2) is 0 Å². The van der Waals surface area contributed by atoms with E-state index in [-0.39, 0.29) is 25.2 Å². The highest BCUT2D eigenvalue weighted by Gasteiger charge is 2.31. The molecular formula is C16H28N4O7. The Balaban J connectivity index is 5.07. The van der Waals surface area contributed by atoms with Crippen LogP contribution in [-0.2, 0) is 24.0 Å². The van der Waals surface area contributed by atoms with Crippen molar-refractivity contribution in [3.63, 3.8) is 0 Å². The summed E-state index contributed by atoms with van der Waals surface area (Å²) >= 11 is 0. The van der Waals surface area contributed by atoms with Gasteiger partial charge in [-0.25, -0.2) is 4.79 Å². The maximum atomic E-state index is 12.5. The molecule has 4 atom stereocenters. The van der Waals surface area contributed by atoms with Crippen molar-refractivity contribution in [3.05, 3.63) is 0 Å². The Hall–Kier alpha value is -2.69. The SMILES string of the molecule is CCC(C)C(NC(=O)C(N)CCC(N)=O)C(=O)NC(CCC(=O)O)C(=O)O. The number of carboxylic acids is 2. The van der Waals surface area contributed by atoms with Crippen molar-refractivity contribution < 1.29 is 34.2 Å². The van der Waals surface area contributed by atoms with Gasteiger partial charge in [-0.3, -0.25) is 19.2 Å². The van der Waals surface area contributed by atoms with E-state index in [9.17, 15) is 24.0 Å². The number of nitrogens with one attached hydrogen (secondary N) is 2. The van der Waals surface area contributed by atoms with Crippen LogP contribution >= 0.6 is 0 Å². The van der Waals surface area contributed by atoms with E-state index in [1.165, 1.54) is 0 Å². The number of carbonyl (C=O) groups excluding carboxylic acids is 3. The van der Waals surface area contributed by atoms with Crippen molar-refractivity contribution in [2.24, 2.45) is 17.4 Å². The Kier molecular flexibility index (Phi) is 10.7. The summed E-state index contributed by atoms with van der Waals surface area (Å²) in [5.74, 6) is -4.95. The molecule has 154 valence electrons. The molecule has 0 bridgehead atoms. The number of primary amides is 1. The second kappa shape index (κ2) is 11.8. The van der Waals surface area contributed by atoms with Crippen LogP contribution in [-0.4, -0.2) is 58.0 Å². The van der Waals surface area contributed by atoms with Gasteiger partial charge >= 0.3 is 11.9 Å². The summed E-state index contributed by atoms with van der Waals surface area (Å²) in [5.41, 5.74) is 10.7. The molecule has 0 radical (unpaired) electrons. The molecule has 27 heavy (non-hydrogen) atoms. The average molecular weight is 388 g/mol. The fourth-order valence-corrected chi connectivity index (χ4v) is 2.18. The number of carbonyl (C=O) groups is 5. The molecule has 0 heterocycles. The van der Waals surface area contributed by atoms with E-state index < -0.39 is 54.2 Å². The Morgan fingerprint density at radius 3 is 2.00 bits per heavy atom. The Bertz CT molecular complexity index is 567. The maximum Gasteiger partial charge on any atom is 0.326 e. The third-order valence-corrected chi connectivity index (χ3v) is 4.09. The van der Waals surface area contributed by atoms with E-state index in [0.717, 1.165) is 0 Å². The topological polar surface area (TPSA) is 202 Å². The van der Waals surface area contributed by atoms with Crippen LogP contribution in [0.3, 0.4) is 0 Å². The first kappa shape index (κ1) is 24.3. The van der Waals surface area contributed by atoms with Gasteiger partial charge in [0.15, 0.2) is 0 Å². The number of aliphatic carboxylic acids is 2. The molecule has 0 aliphatic heterocycles. The third-order valence-electron chi connectivity index (χ3n) is 4.09. The van der Waals surface area contributed by atoms with E-state index >= 15 is 0 Å². The van der Waals surface area contributed by atoms with Gasteiger partial charge < -0.3 is 32.3 Å². The zero-order chi connectivity index (χ0) is 21.1. The minimum absolute atomic E-state index is 0.00632. The lowest BCUT2D eigenvalue weighted by atomic mass is 9.97. The van der Waals surface area contributed by atoms with E-state index in [2.05, 4.69) is 10.6 Å². The summed E-state index contributed by atoms with van der Waals surface area (Å²) in [5, 5.41) is 22.5. The van der Waals surface area contributed by atoms with Gasteiger partial charge in [0.1, 0.15) is 12.1 Å². The zero-order valence-electron chi connectivity index (χ0n) is 15.4. The van der Waals surface area contributed by atoms with E-state index in [1.54, 1.807) is 13.8 Å². The monoisotopic (exact) mass is 388 g/mol. The molecule has 4 unspecified atom stereocenters. The second-order valence-electron chi connectivity index (χ2n) is 6.32. The van der Waals surface area contributed by atoms with E-state index in [4.69, 9.17) is 21.7 Å². The van der Waals surface area contributed by atoms with Gasteiger partial charge in [0.05, 0.1) is 6.04 Å². The fourth-order valence-electron chi connectivity index (χ4n) is 2.18. The highest BCUT2D eigenvalue weighted by molar-refractivity contribution is 5.92. The molecule has 11 heteroatoms. The third kappa shape index (κ3) is 9.54. The second-order valence-corrected chi connectivity index (χ2v) is 6.32. The summed E-state index contributed by atoms with van der Waals surface area (Å²) in [4.78, 5) is 57.3. The molecule has 0 aromatic carbocycles.